The highest BCUT2D eigenvalue weighted by molar-refractivity contribution is 7.21. The maximum atomic E-state index is 6.45. The number of para-hydroxylation sites is 2. The molecular formula is C23H16Cl2N2S. The lowest BCUT2D eigenvalue weighted by Crippen LogP contribution is -2.02. The van der Waals surface area contributed by atoms with Gasteiger partial charge in [-0.3, -0.25) is 0 Å². The lowest BCUT2D eigenvalue weighted by molar-refractivity contribution is 0.806. The van der Waals surface area contributed by atoms with E-state index in [0.717, 1.165) is 16.1 Å². The molecule has 0 amide bonds. The highest BCUT2D eigenvalue weighted by atomic mass is 35.5. The molecule has 0 saturated heterocycles. The summed E-state index contributed by atoms with van der Waals surface area (Å²) in [5.41, 5.74) is 5.65. The van der Waals surface area contributed by atoms with Gasteiger partial charge in [-0.1, -0.05) is 59.6 Å². The van der Waals surface area contributed by atoms with E-state index >= 15 is 0 Å². The molecule has 28 heavy (non-hydrogen) atoms. The summed E-state index contributed by atoms with van der Waals surface area (Å²) in [7, 11) is 0. The van der Waals surface area contributed by atoms with Gasteiger partial charge in [0.25, 0.3) is 0 Å². The Labute approximate surface area is 177 Å². The molecule has 0 saturated carbocycles. The van der Waals surface area contributed by atoms with E-state index in [-0.39, 0.29) is 0 Å². The minimum absolute atomic E-state index is 0.651. The second kappa shape index (κ2) is 6.93. The summed E-state index contributed by atoms with van der Waals surface area (Å²) >= 11 is 14.3. The second-order valence-corrected chi connectivity index (χ2v) is 8.66. The standard InChI is InChI=1S/C23H16Cl2N2S/c1-14-22(23-26-19-7-3-5-9-21(19)28-23)17-6-2-4-8-20(17)27(14)13-15-10-11-16(24)12-18(15)25/h2-12H,13H2,1H3. The van der Waals surface area contributed by atoms with Crippen molar-refractivity contribution >= 4 is 55.7 Å². The minimum Gasteiger partial charge on any atom is -0.340 e. The molecule has 0 aliphatic carbocycles. The maximum Gasteiger partial charge on any atom is 0.127 e. The average molecular weight is 423 g/mol. The van der Waals surface area contributed by atoms with Crippen molar-refractivity contribution in [3.8, 4) is 10.6 Å². The molecule has 2 heterocycles. The van der Waals surface area contributed by atoms with Crippen molar-refractivity contribution in [3.63, 3.8) is 0 Å². The van der Waals surface area contributed by atoms with E-state index < -0.39 is 0 Å². The van der Waals surface area contributed by atoms with Crippen LogP contribution in [0.4, 0.5) is 0 Å². The number of aromatic nitrogens is 2. The Balaban J connectivity index is 1.72. The van der Waals surface area contributed by atoms with Crippen molar-refractivity contribution in [2.45, 2.75) is 13.5 Å². The van der Waals surface area contributed by atoms with Crippen molar-refractivity contribution in [3.05, 3.63) is 88.0 Å². The molecule has 0 bridgehead atoms. The molecule has 2 nitrogen and oxygen atoms in total. The van der Waals surface area contributed by atoms with E-state index in [0.29, 0.717) is 16.6 Å². The Hall–Kier alpha value is -2.33. The fraction of sp³-hybridized carbons (Fsp3) is 0.0870. The molecule has 0 aliphatic heterocycles. The zero-order valence-corrected chi connectivity index (χ0v) is 17.4. The lowest BCUT2D eigenvalue weighted by atomic mass is 10.1. The van der Waals surface area contributed by atoms with Gasteiger partial charge in [0, 0.05) is 38.8 Å². The normalized spacial score (nSPS) is 11.5. The Kier molecular flexibility index (Phi) is 4.39. The van der Waals surface area contributed by atoms with Crippen LogP contribution in [0.25, 0.3) is 31.7 Å². The van der Waals surface area contributed by atoms with E-state index in [1.54, 1.807) is 17.4 Å². The molecule has 0 atom stereocenters. The van der Waals surface area contributed by atoms with Crippen LogP contribution in [0.5, 0.6) is 0 Å². The Morgan fingerprint density at radius 3 is 2.57 bits per heavy atom. The molecule has 0 spiro atoms. The monoisotopic (exact) mass is 422 g/mol. The quantitative estimate of drug-likeness (QED) is 0.292. The molecule has 0 fully saturated rings. The van der Waals surface area contributed by atoms with Crippen LogP contribution in [0, 0.1) is 6.92 Å². The summed E-state index contributed by atoms with van der Waals surface area (Å²) in [6.07, 6.45) is 0. The summed E-state index contributed by atoms with van der Waals surface area (Å²) in [6, 6.07) is 22.4. The van der Waals surface area contributed by atoms with Crippen molar-refractivity contribution in [2.24, 2.45) is 0 Å². The van der Waals surface area contributed by atoms with Crippen LogP contribution in [-0.4, -0.2) is 9.55 Å². The third kappa shape index (κ3) is 2.91. The predicted molar refractivity (Wildman–Crippen MR) is 121 cm³/mol. The molecule has 0 aliphatic rings. The number of halogens is 2. The summed E-state index contributed by atoms with van der Waals surface area (Å²) in [4.78, 5) is 4.91. The number of nitrogens with zero attached hydrogens (tertiary/aromatic N) is 2. The molecule has 3 aromatic carbocycles. The molecule has 5 aromatic rings. The third-order valence-electron chi connectivity index (χ3n) is 5.08. The summed E-state index contributed by atoms with van der Waals surface area (Å²) in [5, 5.41) is 3.60. The number of hydrogen-bond acceptors (Lipinski definition) is 2. The minimum atomic E-state index is 0.651. The summed E-state index contributed by atoms with van der Waals surface area (Å²) in [6.45, 7) is 2.85. The van der Waals surface area contributed by atoms with E-state index in [1.165, 1.54) is 26.9 Å². The van der Waals surface area contributed by atoms with Crippen molar-refractivity contribution in [1.82, 2.24) is 9.55 Å². The van der Waals surface area contributed by atoms with Crippen LogP contribution in [0.15, 0.2) is 66.7 Å². The Morgan fingerprint density at radius 1 is 0.964 bits per heavy atom. The van der Waals surface area contributed by atoms with Crippen molar-refractivity contribution in [2.75, 3.05) is 0 Å². The van der Waals surface area contributed by atoms with Gasteiger partial charge in [-0.2, -0.15) is 0 Å². The van der Waals surface area contributed by atoms with Crippen LogP contribution in [-0.2, 0) is 6.54 Å². The molecule has 0 N–H and O–H groups in total. The van der Waals surface area contributed by atoms with Crippen molar-refractivity contribution < 1.29 is 0 Å². The molecule has 5 heteroatoms. The number of benzene rings is 3. The lowest BCUT2D eigenvalue weighted by Gasteiger charge is -2.10. The fourth-order valence-corrected chi connectivity index (χ4v) is 5.25. The Bertz CT molecular complexity index is 1300. The van der Waals surface area contributed by atoms with Gasteiger partial charge < -0.3 is 4.57 Å². The smallest absolute Gasteiger partial charge is 0.127 e. The van der Waals surface area contributed by atoms with E-state index in [1.807, 2.05) is 18.2 Å². The topological polar surface area (TPSA) is 17.8 Å². The van der Waals surface area contributed by atoms with E-state index in [9.17, 15) is 0 Å². The number of thiazole rings is 1. The first-order valence-electron chi connectivity index (χ1n) is 8.99. The number of hydrogen-bond donors (Lipinski definition) is 0. The first-order valence-corrected chi connectivity index (χ1v) is 10.6. The molecule has 0 unspecified atom stereocenters. The first-order chi connectivity index (χ1) is 13.6. The maximum absolute atomic E-state index is 6.45. The van der Waals surface area contributed by atoms with Gasteiger partial charge in [-0.05, 0) is 42.8 Å². The highest BCUT2D eigenvalue weighted by Gasteiger charge is 2.19. The fourth-order valence-electron chi connectivity index (χ4n) is 3.70. The second-order valence-electron chi connectivity index (χ2n) is 6.79. The van der Waals surface area contributed by atoms with Gasteiger partial charge in [-0.15, -0.1) is 11.3 Å². The van der Waals surface area contributed by atoms with Crippen LogP contribution in [0.1, 0.15) is 11.3 Å². The van der Waals surface area contributed by atoms with Gasteiger partial charge in [0.2, 0.25) is 0 Å². The average Bonchev–Trinajstić information content (AvgIpc) is 3.22. The van der Waals surface area contributed by atoms with Gasteiger partial charge in [0.15, 0.2) is 0 Å². The summed E-state index contributed by atoms with van der Waals surface area (Å²) < 4.78 is 3.51. The first kappa shape index (κ1) is 17.7. The highest BCUT2D eigenvalue weighted by Crippen LogP contribution is 2.39. The van der Waals surface area contributed by atoms with Gasteiger partial charge in [-0.25, -0.2) is 4.98 Å². The van der Waals surface area contributed by atoms with Crippen LogP contribution in [0.3, 0.4) is 0 Å². The van der Waals surface area contributed by atoms with Gasteiger partial charge >= 0.3 is 0 Å². The van der Waals surface area contributed by atoms with E-state index in [2.05, 4.69) is 54.0 Å². The van der Waals surface area contributed by atoms with Crippen molar-refractivity contribution in [1.29, 1.82) is 0 Å². The molecule has 5 rings (SSSR count). The zero-order chi connectivity index (χ0) is 19.3. The number of fused-ring (bicyclic) bond motifs is 2. The molecular weight excluding hydrogens is 407 g/mol. The van der Waals surface area contributed by atoms with Gasteiger partial charge in [0.05, 0.1) is 10.2 Å². The van der Waals surface area contributed by atoms with Crippen LogP contribution in [0.2, 0.25) is 10.0 Å². The molecule has 138 valence electrons. The predicted octanol–water partition coefficient (Wildman–Crippen LogP) is 7.58. The zero-order valence-electron chi connectivity index (χ0n) is 15.1. The molecule has 0 radical (unpaired) electrons. The Morgan fingerprint density at radius 2 is 1.75 bits per heavy atom. The van der Waals surface area contributed by atoms with Gasteiger partial charge in [0.1, 0.15) is 5.01 Å². The number of rotatable bonds is 3. The van der Waals surface area contributed by atoms with Crippen LogP contribution < -0.4 is 0 Å². The summed E-state index contributed by atoms with van der Waals surface area (Å²) in [5.74, 6) is 0. The van der Waals surface area contributed by atoms with E-state index in [4.69, 9.17) is 28.2 Å². The SMILES string of the molecule is Cc1c(-c2nc3ccccc3s2)c2ccccc2n1Cc1ccc(Cl)cc1Cl. The third-order valence-corrected chi connectivity index (χ3v) is 6.72. The largest absolute Gasteiger partial charge is 0.340 e. The van der Waals surface area contributed by atoms with Crippen LogP contribution >= 0.6 is 34.5 Å². The molecule has 2 aromatic heterocycles.